The molecule has 3 aromatic rings. The molecule has 1 aliphatic heterocycles. The lowest BCUT2D eigenvalue weighted by Gasteiger charge is -2.36. The van der Waals surface area contributed by atoms with Crippen molar-refractivity contribution in [2.75, 3.05) is 13.1 Å². The zero-order valence-corrected chi connectivity index (χ0v) is 13.7. The van der Waals surface area contributed by atoms with Gasteiger partial charge in [-0.25, -0.2) is 4.79 Å². The van der Waals surface area contributed by atoms with Gasteiger partial charge in [0.2, 0.25) is 11.7 Å². The lowest BCUT2D eigenvalue weighted by atomic mass is 10.0. The van der Waals surface area contributed by atoms with Gasteiger partial charge >= 0.3 is 6.03 Å². The molecule has 3 heterocycles. The Bertz CT molecular complexity index is 810. The van der Waals surface area contributed by atoms with Gasteiger partial charge in [0.1, 0.15) is 0 Å². The van der Waals surface area contributed by atoms with Crippen molar-refractivity contribution < 1.29 is 9.32 Å². The molecule has 2 aromatic heterocycles. The minimum atomic E-state index is -0.0533. The van der Waals surface area contributed by atoms with Crippen molar-refractivity contribution >= 4 is 17.4 Å². The van der Waals surface area contributed by atoms with E-state index >= 15 is 0 Å². The molecule has 1 fully saturated rings. The van der Waals surface area contributed by atoms with Gasteiger partial charge in [0.25, 0.3) is 0 Å². The van der Waals surface area contributed by atoms with Crippen LogP contribution in [0.2, 0.25) is 0 Å². The van der Waals surface area contributed by atoms with E-state index in [0.717, 1.165) is 10.4 Å². The normalized spacial score (nSPS) is 14.4. The summed E-state index contributed by atoms with van der Waals surface area (Å²) in [5, 5.41) is 8.95. The number of hydrogen-bond acceptors (Lipinski definition) is 5. The molecule has 4 rings (SSSR count). The largest absolute Gasteiger partial charge is 0.339 e. The summed E-state index contributed by atoms with van der Waals surface area (Å²) in [4.78, 5) is 19.4. The fraction of sp³-hybridized carbons (Fsp3) is 0.235. The number of urea groups is 1. The van der Waals surface area contributed by atoms with Gasteiger partial charge in [0.15, 0.2) is 0 Å². The molecule has 24 heavy (non-hydrogen) atoms. The van der Waals surface area contributed by atoms with Crippen LogP contribution in [0, 0.1) is 0 Å². The maximum Gasteiger partial charge on any atom is 0.317 e. The van der Waals surface area contributed by atoms with Crippen LogP contribution >= 0.6 is 11.3 Å². The number of amides is 2. The highest BCUT2D eigenvalue weighted by Gasteiger charge is 2.35. The summed E-state index contributed by atoms with van der Waals surface area (Å²) in [6.45, 7) is 1.77. The van der Waals surface area contributed by atoms with Crippen LogP contribution in [-0.2, 0) is 6.54 Å². The van der Waals surface area contributed by atoms with Crippen LogP contribution in [0.25, 0.3) is 11.4 Å². The molecule has 7 heteroatoms. The predicted molar refractivity (Wildman–Crippen MR) is 90.6 cm³/mol. The Morgan fingerprint density at radius 2 is 2.08 bits per heavy atom. The summed E-state index contributed by atoms with van der Waals surface area (Å²) in [5.74, 6) is 1.30. The average Bonchev–Trinajstić information content (AvgIpc) is 3.24. The number of aromatic nitrogens is 2. The minimum Gasteiger partial charge on any atom is -0.339 e. The zero-order valence-electron chi connectivity index (χ0n) is 12.9. The number of carbonyl (C=O) groups excluding carboxylic acids is 1. The number of carbonyl (C=O) groups is 1. The molecule has 1 aliphatic rings. The van der Waals surface area contributed by atoms with E-state index in [0.29, 0.717) is 31.3 Å². The summed E-state index contributed by atoms with van der Waals surface area (Å²) in [6, 6.07) is 13.6. The Morgan fingerprint density at radius 3 is 2.83 bits per heavy atom. The van der Waals surface area contributed by atoms with E-state index in [2.05, 4.69) is 15.5 Å². The van der Waals surface area contributed by atoms with E-state index in [1.165, 1.54) is 0 Å². The number of hydrogen-bond donors (Lipinski definition) is 1. The first-order valence-corrected chi connectivity index (χ1v) is 8.62. The van der Waals surface area contributed by atoms with E-state index in [1.54, 1.807) is 16.2 Å². The molecule has 0 unspecified atom stereocenters. The van der Waals surface area contributed by atoms with Gasteiger partial charge in [0, 0.05) is 23.5 Å². The number of benzene rings is 1. The first-order chi connectivity index (χ1) is 11.8. The van der Waals surface area contributed by atoms with E-state index < -0.39 is 0 Å². The van der Waals surface area contributed by atoms with Gasteiger partial charge in [-0.15, -0.1) is 11.3 Å². The van der Waals surface area contributed by atoms with Gasteiger partial charge in [-0.2, -0.15) is 4.98 Å². The second-order valence-corrected chi connectivity index (χ2v) is 6.69. The van der Waals surface area contributed by atoms with Crippen LogP contribution in [0.4, 0.5) is 4.79 Å². The van der Waals surface area contributed by atoms with Gasteiger partial charge in [-0.05, 0) is 11.4 Å². The summed E-state index contributed by atoms with van der Waals surface area (Å²) >= 11 is 1.63. The number of nitrogens with one attached hydrogen (secondary N) is 1. The highest BCUT2D eigenvalue weighted by molar-refractivity contribution is 7.09. The highest BCUT2D eigenvalue weighted by Crippen LogP contribution is 2.27. The molecule has 0 radical (unpaired) electrons. The fourth-order valence-corrected chi connectivity index (χ4v) is 3.24. The quantitative estimate of drug-likeness (QED) is 0.792. The molecule has 1 N–H and O–H groups in total. The molecular weight excluding hydrogens is 324 g/mol. The molecule has 2 amide bonds. The van der Waals surface area contributed by atoms with Crippen molar-refractivity contribution in [3.63, 3.8) is 0 Å². The number of likely N-dealkylation sites (tertiary alicyclic amines) is 1. The summed E-state index contributed by atoms with van der Waals surface area (Å²) in [7, 11) is 0. The van der Waals surface area contributed by atoms with Gasteiger partial charge < -0.3 is 14.7 Å². The van der Waals surface area contributed by atoms with Crippen molar-refractivity contribution in [1.82, 2.24) is 20.4 Å². The van der Waals surface area contributed by atoms with Gasteiger partial charge in [0.05, 0.1) is 12.5 Å². The molecule has 0 atom stereocenters. The van der Waals surface area contributed by atoms with Crippen LogP contribution in [0.1, 0.15) is 16.7 Å². The van der Waals surface area contributed by atoms with Crippen molar-refractivity contribution in [3.8, 4) is 11.4 Å². The Morgan fingerprint density at radius 1 is 1.25 bits per heavy atom. The van der Waals surface area contributed by atoms with Crippen LogP contribution in [0.15, 0.2) is 52.4 Å². The maximum absolute atomic E-state index is 12.1. The Labute approximate surface area is 143 Å². The topological polar surface area (TPSA) is 71.3 Å². The maximum atomic E-state index is 12.1. The summed E-state index contributed by atoms with van der Waals surface area (Å²) < 4.78 is 5.35. The third-order valence-electron chi connectivity index (χ3n) is 3.99. The lowest BCUT2D eigenvalue weighted by molar-refractivity contribution is 0.136. The van der Waals surface area contributed by atoms with Crippen LogP contribution in [-0.4, -0.2) is 34.2 Å². The lowest BCUT2D eigenvalue weighted by Crippen LogP contribution is -2.52. The molecule has 0 spiro atoms. The van der Waals surface area contributed by atoms with Crippen LogP contribution < -0.4 is 5.32 Å². The standard InChI is InChI=1S/C17H16N4O2S/c22-17(18-9-14-7-4-8-24-14)21-10-13(11-21)16-19-15(20-23-16)12-5-2-1-3-6-12/h1-8,13H,9-11H2,(H,18,22). The average molecular weight is 340 g/mol. The predicted octanol–water partition coefficient (Wildman–Crippen LogP) is 3.11. The molecular formula is C17H16N4O2S. The summed E-state index contributed by atoms with van der Waals surface area (Å²) in [6.07, 6.45) is 0. The van der Waals surface area contributed by atoms with Crippen LogP contribution in [0.5, 0.6) is 0 Å². The number of rotatable bonds is 4. The monoisotopic (exact) mass is 340 g/mol. The SMILES string of the molecule is O=C(NCc1cccs1)N1CC(c2nc(-c3ccccc3)no2)C1. The number of nitrogens with zero attached hydrogens (tertiary/aromatic N) is 3. The Balaban J connectivity index is 1.31. The zero-order chi connectivity index (χ0) is 16.4. The van der Waals surface area contributed by atoms with Crippen molar-refractivity contribution in [3.05, 3.63) is 58.6 Å². The van der Waals surface area contributed by atoms with E-state index in [4.69, 9.17) is 4.52 Å². The third-order valence-corrected chi connectivity index (χ3v) is 4.86. The van der Waals surface area contributed by atoms with Crippen molar-refractivity contribution in [2.45, 2.75) is 12.5 Å². The molecule has 122 valence electrons. The Kier molecular flexibility index (Phi) is 4.00. The van der Waals surface area contributed by atoms with E-state index in [1.807, 2.05) is 47.8 Å². The third kappa shape index (κ3) is 3.03. The first-order valence-electron chi connectivity index (χ1n) is 7.74. The van der Waals surface area contributed by atoms with E-state index in [9.17, 15) is 4.79 Å². The van der Waals surface area contributed by atoms with Gasteiger partial charge in [-0.1, -0.05) is 41.6 Å². The van der Waals surface area contributed by atoms with E-state index in [-0.39, 0.29) is 11.9 Å². The number of thiophene rings is 1. The summed E-state index contributed by atoms with van der Waals surface area (Å²) in [5.41, 5.74) is 0.928. The second kappa shape index (κ2) is 6.45. The molecule has 1 aromatic carbocycles. The van der Waals surface area contributed by atoms with Gasteiger partial charge in [-0.3, -0.25) is 0 Å². The first kappa shape index (κ1) is 14.9. The smallest absolute Gasteiger partial charge is 0.317 e. The Hall–Kier alpha value is -2.67. The molecule has 0 aliphatic carbocycles. The second-order valence-electron chi connectivity index (χ2n) is 5.66. The molecule has 0 saturated carbocycles. The fourth-order valence-electron chi connectivity index (χ4n) is 2.59. The molecule has 0 bridgehead atoms. The minimum absolute atomic E-state index is 0.0533. The van der Waals surface area contributed by atoms with Crippen molar-refractivity contribution in [2.24, 2.45) is 0 Å². The molecule has 1 saturated heterocycles. The van der Waals surface area contributed by atoms with Crippen LogP contribution in [0.3, 0.4) is 0 Å². The molecule has 6 nitrogen and oxygen atoms in total. The highest BCUT2D eigenvalue weighted by atomic mass is 32.1. The van der Waals surface area contributed by atoms with Crippen molar-refractivity contribution in [1.29, 1.82) is 0 Å².